The van der Waals surface area contributed by atoms with Gasteiger partial charge >= 0.3 is 0 Å². The number of nitrogens with two attached hydrogens (primary N) is 1. The second-order valence-corrected chi connectivity index (χ2v) is 7.19. The standard InChI is InChI=1S/C18H23F2N3O/c19-14-3-1-2-12(16(14)20)13-10-23(15(24)4-7-21)17-11-5-8-22(9-6-11)18(13)17/h1-3,11,13,17-18H,4-10,21H2/t13-,17+,18+/m0/s1. The smallest absolute Gasteiger partial charge is 0.224 e. The van der Waals surface area contributed by atoms with Crippen LogP contribution in [0, 0.1) is 17.6 Å². The Morgan fingerprint density at radius 3 is 2.67 bits per heavy atom. The number of carbonyl (C=O) groups is 1. The van der Waals surface area contributed by atoms with Gasteiger partial charge < -0.3 is 10.6 Å². The molecule has 1 amide bonds. The van der Waals surface area contributed by atoms with Crippen molar-refractivity contribution in [3.8, 4) is 0 Å². The molecule has 4 aliphatic heterocycles. The summed E-state index contributed by atoms with van der Waals surface area (Å²) in [5.41, 5.74) is 5.97. The number of rotatable bonds is 3. The fraction of sp³-hybridized carbons (Fsp3) is 0.611. The van der Waals surface area contributed by atoms with E-state index < -0.39 is 11.6 Å². The minimum Gasteiger partial charge on any atom is -0.337 e. The third-order valence-corrected chi connectivity index (χ3v) is 6.05. The molecule has 4 nitrogen and oxygen atoms in total. The molecular weight excluding hydrogens is 312 g/mol. The summed E-state index contributed by atoms with van der Waals surface area (Å²) in [6.45, 7) is 2.75. The zero-order chi connectivity index (χ0) is 16.8. The van der Waals surface area contributed by atoms with Crippen LogP contribution in [-0.4, -0.2) is 54.0 Å². The molecule has 0 spiro atoms. The zero-order valence-corrected chi connectivity index (χ0v) is 13.6. The van der Waals surface area contributed by atoms with Crippen molar-refractivity contribution < 1.29 is 13.6 Å². The van der Waals surface area contributed by atoms with Crippen molar-refractivity contribution in [1.82, 2.24) is 9.80 Å². The summed E-state index contributed by atoms with van der Waals surface area (Å²) in [6.07, 6.45) is 2.46. The van der Waals surface area contributed by atoms with Gasteiger partial charge in [0.2, 0.25) is 5.91 Å². The van der Waals surface area contributed by atoms with E-state index in [4.69, 9.17) is 5.73 Å². The van der Waals surface area contributed by atoms with E-state index >= 15 is 0 Å². The van der Waals surface area contributed by atoms with Crippen molar-refractivity contribution in [3.05, 3.63) is 35.4 Å². The van der Waals surface area contributed by atoms with Crippen LogP contribution in [-0.2, 0) is 4.79 Å². The van der Waals surface area contributed by atoms with Gasteiger partial charge in [0.1, 0.15) is 0 Å². The second-order valence-electron chi connectivity index (χ2n) is 7.19. The Labute approximate surface area is 140 Å². The third kappa shape index (κ3) is 2.35. The summed E-state index contributed by atoms with van der Waals surface area (Å²) in [6, 6.07) is 4.58. The number of likely N-dealkylation sites (tertiary alicyclic amines) is 1. The van der Waals surface area contributed by atoms with Crippen LogP contribution in [0.5, 0.6) is 0 Å². The molecule has 4 saturated heterocycles. The summed E-state index contributed by atoms with van der Waals surface area (Å²) in [7, 11) is 0. The lowest BCUT2D eigenvalue weighted by Gasteiger charge is -2.51. The molecular formula is C18H23F2N3O. The van der Waals surface area contributed by atoms with Crippen molar-refractivity contribution in [2.45, 2.75) is 37.3 Å². The van der Waals surface area contributed by atoms with Crippen molar-refractivity contribution in [2.75, 3.05) is 26.2 Å². The molecule has 130 valence electrons. The van der Waals surface area contributed by atoms with Gasteiger partial charge in [0, 0.05) is 31.5 Å². The molecule has 2 N–H and O–H groups in total. The molecule has 0 saturated carbocycles. The fourth-order valence-corrected chi connectivity index (χ4v) is 5.05. The first kappa shape index (κ1) is 16.0. The van der Waals surface area contributed by atoms with Crippen LogP contribution in [0.1, 0.15) is 30.7 Å². The number of fused-ring (bicyclic) bond motifs is 2. The Morgan fingerprint density at radius 2 is 1.96 bits per heavy atom. The molecule has 5 rings (SSSR count). The van der Waals surface area contributed by atoms with Gasteiger partial charge in [0.05, 0.1) is 6.04 Å². The van der Waals surface area contributed by atoms with Crippen molar-refractivity contribution >= 4 is 5.91 Å². The van der Waals surface area contributed by atoms with Gasteiger partial charge in [0.25, 0.3) is 0 Å². The maximum Gasteiger partial charge on any atom is 0.224 e. The molecule has 1 aromatic carbocycles. The minimum absolute atomic E-state index is 0.0422. The van der Waals surface area contributed by atoms with Crippen LogP contribution in [0.25, 0.3) is 0 Å². The summed E-state index contributed by atoms with van der Waals surface area (Å²) < 4.78 is 28.1. The average molecular weight is 335 g/mol. The number of piperidine rings is 3. The number of nitrogens with zero attached hydrogens (tertiary/aromatic N) is 2. The molecule has 6 heteroatoms. The van der Waals surface area contributed by atoms with Gasteiger partial charge in [-0.25, -0.2) is 8.78 Å². The zero-order valence-electron chi connectivity index (χ0n) is 13.6. The highest BCUT2D eigenvalue weighted by atomic mass is 19.2. The van der Waals surface area contributed by atoms with Crippen LogP contribution >= 0.6 is 0 Å². The van der Waals surface area contributed by atoms with Gasteiger partial charge in [-0.2, -0.15) is 0 Å². The number of benzene rings is 1. The molecule has 4 aliphatic rings. The first-order valence-electron chi connectivity index (χ1n) is 8.79. The molecule has 4 fully saturated rings. The molecule has 0 unspecified atom stereocenters. The van der Waals surface area contributed by atoms with E-state index in [2.05, 4.69) is 4.90 Å². The first-order valence-corrected chi connectivity index (χ1v) is 8.79. The topological polar surface area (TPSA) is 49.6 Å². The predicted octanol–water partition coefficient (Wildman–Crippen LogP) is 1.70. The highest BCUT2D eigenvalue weighted by Gasteiger charge is 2.54. The summed E-state index contributed by atoms with van der Waals surface area (Å²) in [5.74, 6) is -1.25. The van der Waals surface area contributed by atoms with Crippen molar-refractivity contribution in [3.63, 3.8) is 0 Å². The van der Waals surface area contributed by atoms with Crippen molar-refractivity contribution in [1.29, 1.82) is 0 Å². The lowest BCUT2D eigenvalue weighted by atomic mass is 9.75. The van der Waals surface area contributed by atoms with E-state index in [0.717, 1.165) is 32.0 Å². The molecule has 2 bridgehead atoms. The molecule has 1 aromatic rings. The third-order valence-electron chi connectivity index (χ3n) is 6.05. The van der Waals surface area contributed by atoms with Gasteiger partial charge in [-0.1, -0.05) is 12.1 Å². The van der Waals surface area contributed by atoms with Crippen molar-refractivity contribution in [2.24, 2.45) is 11.7 Å². The largest absolute Gasteiger partial charge is 0.337 e. The maximum absolute atomic E-state index is 14.4. The molecule has 24 heavy (non-hydrogen) atoms. The highest BCUT2D eigenvalue weighted by Crippen LogP contribution is 2.47. The van der Waals surface area contributed by atoms with Gasteiger partial charge in [-0.15, -0.1) is 0 Å². The Balaban J connectivity index is 1.72. The van der Waals surface area contributed by atoms with Crippen LogP contribution in [0.2, 0.25) is 0 Å². The monoisotopic (exact) mass is 335 g/mol. The van der Waals surface area contributed by atoms with E-state index in [1.54, 1.807) is 12.1 Å². The predicted molar refractivity (Wildman–Crippen MR) is 86.4 cm³/mol. The van der Waals surface area contributed by atoms with E-state index in [1.165, 1.54) is 0 Å². The van der Waals surface area contributed by atoms with E-state index in [1.807, 2.05) is 4.90 Å². The lowest BCUT2D eigenvalue weighted by Crippen LogP contribution is -2.60. The molecule has 4 heterocycles. The maximum atomic E-state index is 14.4. The van der Waals surface area contributed by atoms with Crippen LogP contribution < -0.4 is 5.73 Å². The number of halogens is 2. The summed E-state index contributed by atoms with van der Waals surface area (Å²) >= 11 is 0. The van der Waals surface area contributed by atoms with E-state index in [-0.39, 0.29) is 23.9 Å². The Morgan fingerprint density at radius 1 is 1.21 bits per heavy atom. The fourth-order valence-electron chi connectivity index (χ4n) is 5.05. The van der Waals surface area contributed by atoms with E-state index in [9.17, 15) is 13.6 Å². The lowest BCUT2D eigenvalue weighted by molar-refractivity contribution is -0.135. The van der Waals surface area contributed by atoms with Gasteiger partial charge in [0.15, 0.2) is 11.6 Å². The van der Waals surface area contributed by atoms with Crippen LogP contribution in [0.3, 0.4) is 0 Å². The minimum atomic E-state index is -0.813. The first-order chi connectivity index (χ1) is 11.6. The van der Waals surface area contributed by atoms with E-state index in [0.29, 0.717) is 31.0 Å². The number of amides is 1. The Hall–Kier alpha value is -1.53. The number of carbonyl (C=O) groups excluding carboxylic acids is 1. The van der Waals surface area contributed by atoms with Gasteiger partial charge in [-0.3, -0.25) is 9.69 Å². The van der Waals surface area contributed by atoms with Crippen LogP contribution in [0.15, 0.2) is 18.2 Å². The summed E-state index contributed by atoms with van der Waals surface area (Å²) in [4.78, 5) is 16.8. The Kier molecular flexibility index (Phi) is 4.04. The molecule has 0 radical (unpaired) electrons. The SMILES string of the molecule is NCCC(=O)N1C[C@@H](c2cccc(F)c2F)[C@@H]2[C@H]1C1CCN2CC1. The number of hydrogen-bond donors (Lipinski definition) is 1. The second kappa shape index (κ2) is 6.08. The molecule has 0 aromatic heterocycles. The Bertz CT molecular complexity index is 645. The number of hydrogen-bond acceptors (Lipinski definition) is 3. The van der Waals surface area contributed by atoms with Crippen LogP contribution in [0.4, 0.5) is 8.78 Å². The highest BCUT2D eigenvalue weighted by molar-refractivity contribution is 5.77. The van der Waals surface area contributed by atoms with Gasteiger partial charge in [-0.05, 0) is 43.5 Å². The molecule has 0 aliphatic carbocycles. The quantitative estimate of drug-likeness (QED) is 0.915. The summed E-state index contributed by atoms with van der Waals surface area (Å²) in [5, 5.41) is 0. The molecule has 3 atom stereocenters. The normalized spacial score (nSPS) is 34.5. The average Bonchev–Trinajstić information content (AvgIpc) is 3.01.